The van der Waals surface area contributed by atoms with Crippen molar-refractivity contribution >= 4 is 21.9 Å². The molecule has 0 spiro atoms. The van der Waals surface area contributed by atoms with Crippen molar-refractivity contribution in [2.75, 3.05) is 7.11 Å². The predicted octanol–water partition coefficient (Wildman–Crippen LogP) is 1.62. The zero-order valence-corrected chi connectivity index (χ0v) is 8.74. The highest BCUT2D eigenvalue weighted by Crippen LogP contribution is 2.21. The van der Waals surface area contributed by atoms with Crippen molar-refractivity contribution < 1.29 is 9.53 Å². The highest BCUT2D eigenvalue weighted by atomic mass is 79.9. The molecule has 1 atom stereocenters. The van der Waals surface area contributed by atoms with Gasteiger partial charge in [-0.05, 0) is 11.6 Å². The number of carbonyl (C=O) groups excluding carboxylic acids is 1. The first-order valence-electron chi connectivity index (χ1n) is 3.74. The summed E-state index contributed by atoms with van der Waals surface area (Å²) in [5, 5.41) is 0. The number of methoxy groups -OCH3 is 1. The highest BCUT2D eigenvalue weighted by Gasteiger charge is 2.17. The lowest BCUT2D eigenvalue weighted by Gasteiger charge is -2.10. The summed E-state index contributed by atoms with van der Waals surface area (Å²) in [5.41, 5.74) is 6.38. The molecular weight excluding hydrogens is 234 g/mol. The van der Waals surface area contributed by atoms with Crippen molar-refractivity contribution in [1.82, 2.24) is 0 Å². The van der Waals surface area contributed by atoms with Gasteiger partial charge in [0, 0.05) is 4.47 Å². The van der Waals surface area contributed by atoms with E-state index in [0.717, 1.165) is 10.0 Å². The van der Waals surface area contributed by atoms with Crippen LogP contribution < -0.4 is 5.73 Å². The molecule has 0 unspecified atom stereocenters. The molecule has 2 N–H and O–H groups in total. The predicted molar refractivity (Wildman–Crippen MR) is 53.1 cm³/mol. The Bertz CT molecular complexity index is 314. The van der Waals surface area contributed by atoms with Gasteiger partial charge in [0.1, 0.15) is 6.04 Å². The van der Waals surface area contributed by atoms with Gasteiger partial charge in [-0.25, -0.2) is 0 Å². The van der Waals surface area contributed by atoms with Crippen molar-refractivity contribution in [3.05, 3.63) is 34.3 Å². The number of hydrogen-bond donors (Lipinski definition) is 1. The monoisotopic (exact) mass is 243 g/mol. The van der Waals surface area contributed by atoms with Crippen LogP contribution in [0.1, 0.15) is 11.6 Å². The first-order chi connectivity index (χ1) is 6.16. The number of ether oxygens (including phenoxy) is 1. The quantitative estimate of drug-likeness (QED) is 0.804. The third-order valence-corrected chi connectivity index (χ3v) is 2.42. The Morgan fingerprint density at radius 2 is 2.15 bits per heavy atom. The second-order valence-electron chi connectivity index (χ2n) is 2.52. The third-order valence-electron chi connectivity index (χ3n) is 1.70. The molecule has 0 aromatic heterocycles. The largest absolute Gasteiger partial charge is 0.468 e. The van der Waals surface area contributed by atoms with Crippen LogP contribution in [-0.2, 0) is 9.53 Å². The van der Waals surface area contributed by atoms with Crippen molar-refractivity contribution in [2.24, 2.45) is 5.73 Å². The number of hydrogen-bond acceptors (Lipinski definition) is 3. The molecular formula is C9H10BrNO2. The smallest absolute Gasteiger partial charge is 0.327 e. The van der Waals surface area contributed by atoms with Gasteiger partial charge in [-0.1, -0.05) is 34.1 Å². The lowest BCUT2D eigenvalue weighted by Crippen LogP contribution is -2.22. The molecule has 0 aliphatic rings. The van der Waals surface area contributed by atoms with Crippen LogP contribution in [0.25, 0.3) is 0 Å². The fraction of sp³-hybridized carbons (Fsp3) is 0.222. The molecule has 0 amide bonds. The maximum absolute atomic E-state index is 11.1. The third kappa shape index (κ3) is 2.29. The lowest BCUT2D eigenvalue weighted by atomic mass is 10.1. The molecule has 0 heterocycles. The second kappa shape index (κ2) is 4.39. The molecule has 0 aliphatic carbocycles. The Kier molecular flexibility index (Phi) is 3.45. The van der Waals surface area contributed by atoms with E-state index < -0.39 is 12.0 Å². The van der Waals surface area contributed by atoms with E-state index in [1.807, 2.05) is 18.2 Å². The van der Waals surface area contributed by atoms with Gasteiger partial charge in [0.25, 0.3) is 0 Å². The number of nitrogens with two attached hydrogens (primary N) is 1. The molecule has 0 fully saturated rings. The topological polar surface area (TPSA) is 52.3 Å². The Labute approximate surface area is 85.0 Å². The summed E-state index contributed by atoms with van der Waals surface area (Å²) in [7, 11) is 1.32. The van der Waals surface area contributed by atoms with Gasteiger partial charge in [-0.3, -0.25) is 4.79 Å². The van der Waals surface area contributed by atoms with Crippen molar-refractivity contribution in [3.63, 3.8) is 0 Å². The van der Waals surface area contributed by atoms with Crippen LogP contribution in [0, 0.1) is 0 Å². The summed E-state index contributed by atoms with van der Waals surface area (Å²) < 4.78 is 5.35. The minimum Gasteiger partial charge on any atom is -0.468 e. The number of halogens is 1. The van der Waals surface area contributed by atoms with E-state index in [9.17, 15) is 4.79 Å². The van der Waals surface area contributed by atoms with Gasteiger partial charge in [-0.15, -0.1) is 0 Å². The molecule has 0 radical (unpaired) electrons. The number of rotatable bonds is 2. The van der Waals surface area contributed by atoms with Crippen LogP contribution in [0.2, 0.25) is 0 Å². The van der Waals surface area contributed by atoms with Gasteiger partial charge >= 0.3 is 5.97 Å². The fourth-order valence-corrected chi connectivity index (χ4v) is 1.51. The first-order valence-corrected chi connectivity index (χ1v) is 4.54. The second-order valence-corrected chi connectivity index (χ2v) is 3.38. The summed E-state index contributed by atoms with van der Waals surface area (Å²) in [6.45, 7) is 0. The summed E-state index contributed by atoms with van der Waals surface area (Å²) in [6, 6.07) is 6.57. The number of benzene rings is 1. The fourth-order valence-electron chi connectivity index (χ4n) is 0.981. The van der Waals surface area contributed by atoms with E-state index >= 15 is 0 Å². The molecule has 13 heavy (non-hydrogen) atoms. The summed E-state index contributed by atoms with van der Waals surface area (Å²) in [6.07, 6.45) is 0. The SMILES string of the molecule is COC(=O)[C@@H](N)c1ccccc1Br. The first kappa shape index (κ1) is 10.2. The zero-order valence-electron chi connectivity index (χ0n) is 7.16. The van der Waals surface area contributed by atoms with Gasteiger partial charge < -0.3 is 10.5 Å². The van der Waals surface area contributed by atoms with Crippen LogP contribution in [0.5, 0.6) is 0 Å². The molecule has 0 bridgehead atoms. The summed E-state index contributed by atoms with van der Waals surface area (Å²) in [5.74, 6) is -0.438. The van der Waals surface area contributed by atoms with Gasteiger partial charge in [0.2, 0.25) is 0 Å². The van der Waals surface area contributed by atoms with Crippen LogP contribution >= 0.6 is 15.9 Å². The molecule has 0 saturated carbocycles. The number of esters is 1. The van der Waals surface area contributed by atoms with Gasteiger partial charge in [0.05, 0.1) is 7.11 Å². The van der Waals surface area contributed by atoms with Crippen LogP contribution in [0.15, 0.2) is 28.7 Å². The molecule has 3 nitrogen and oxygen atoms in total. The molecule has 1 aromatic carbocycles. The van der Waals surface area contributed by atoms with Crippen LogP contribution in [0.3, 0.4) is 0 Å². The Balaban J connectivity index is 2.95. The molecule has 1 rings (SSSR count). The molecule has 0 aliphatic heterocycles. The standard InChI is InChI=1S/C9H10BrNO2/c1-13-9(12)8(11)6-4-2-3-5-7(6)10/h2-5,8H,11H2,1H3/t8-/m0/s1. The van der Waals surface area contributed by atoms with E-state index in [2.05, 4.69) is 20.7 Å². The maximum atomic E-state index is 11.1. The van der Waals surface area contributed by atoms with E-state index in [1.165, 1.54) is 7.11 Å². The van der Waals surface area contributed by atoms with Crippen molar-refractivity contribution in [2.45, 2.75) is 6.04 Å². The molecule has 0 saturated heterocycles. The molecule has 70 valence electrons. The van der Waals surface area contributed by atoms with E-state index in [0.29, 0.717) is 0 Å². The van der Waals surface area contributed by atoms with Crippen molar-refractivity contribution in [3.8, 4) is 0 Å². The zero-order chi connectivity index (χ0) is 9.84. The molecule has 1 aromatic rings. The minimum atomic E-state index is -0.722. The maximum Gasteiger partial charge on any atom is 0.327 e. The Morgan fingerprint density at radius 3 is 2.69 bits per heavy atom. The average molecular weight is 244 g/mol. The van der Waals surface area contributed by atoms with Gasteiger partial charge in [-0.2, -0.15) is 0 Å². The van der Waals surface area contributed by atoms with E-state index in [1.54, 1.807) is 6.07 Å². The van der Waals surface area contributed by atoms with Crippen molar-refractivity contribution in [1.29, 1.82) is 0 Å². The minimum absolute atomic E-state index is 0.438. The Hall–Kier alpha value is -0.870. The normalized spacial score (nSPS) is 12.2. The summed E-state index contributed by atoms with van der Waals surface area (Å²) in [4.78, 5) is 11.1. The average Bonchev–Trinajstić information content (AvgIpc) is 2.16. The van der Waals surface area contributed by atoms with Gasteiger partial charge in [0.15, 0.2) is 0 Å². The molecule has 4 heteroatoms. The lowest BCUT2D eigenvalue weighted by molar-refractivity contribution is -0.142. The van der Waals surface area contributed by atoms with E-state index in [4.69, 9.17) is 5.73 Å². The summed E-state index contributed by atoms with van der Waals surface area (Å²) >= 11 is 3.31. The highest BCUT2D eigenvalue weighted by molar-refractivity contribution is 9.10. The number of carbonyl (C=O) groups is 1. The van der Waals surface area contributed by atoms with Crippen LogP contribution in [-0.4, -0.2) is 13.1 Å². The van der Waals surface area contributed by atoms with E-state index in [-0.39, 0.29) is 0 Å². The Morgan fingerprint density at radius 1 is 1.54 bits per heavy atom. The van der Waals surface area contributed by atoms with Crippen LogP contribution in [0.4, 0.5) is 0 Å².